The number of carboxylic acid groups (broad SMARTS) is 1. The monoisotopic (exact) mass is 328 g/mol. The average molecular weight is 328 g/mol. The van der Waals surface area contributed by atoms with Crippen LogP contribution < -0.4 is 0 Å². The number of carboxylic acids is 1. The van der Waals surface area contributed by atoms with E-state index in [1.165, 1.54) is 44.9 Å². The van der Waals surface area contributed by atoms with E-state index in [9.17, 15) is 4.79 Å². The van der Waals surface area contributed by atoms with E-state index in [1.54, 1.807) is 0 Å². The Morgan fingerprint density at radius 2 is 1.30 bits per heavy atom. The lowest BCUT2D eigenvalue weighted by atomic mass is 10.00. The van der Waals surface area contributed by atoms with Crippen molar-refractivity contribution in [3.63, 3.8) is 0 Å². The van der Waals surface area contributed by atoms with E-state index in [-0.39, 0.29) is 0 Å². The van der Waals surface area contributed by atoms with Gasteiger partial charge in [-0.3, -0.25) is 4.79 Å². The molecule has 0 aliphatic carbocycles. The summed E-state index contributed by atoms with van der Waals surface area (Å²) in [4.78, 5) is 10.8. The molecule has 0 saturated heterocycles. The number of hydrogen-bond acceptors (Lipinski definition) is 3. The SMILES string of the molecule is CCCCCCCC/C=C\CCCCCCC(C(=O)O)C(O)O. The Kier molecular flexibility index (Phi) is 15.4. The Morgan fingerprint density at radius 3 is 1.78 bits per heavy atom. The van der Waals surface area contributed by atoms with Crippen molar-refractivity contribution in [1.82, 2.24) is 0 Å². The van der Waals surface area contributed by atoms with E-state index >= 15 is 0 Å². The second-order valence-corrected chi connectivity index (χ2v) is 6.38. The maximum Gasteiger partial charge on any atom is 0.311 e. The highest BCUT2D eigenvalue weighted by atomic mass is 16.5. The summed E-state index contributed by atoms with van der Waals surface area (Å²) in [5.41, 5.74) is 0. The molecule has 136 valence electrons. The number of rotatable bonds is 16. The van der Waals surface area contributed by atoms with Crippen LogP contribution in [0.4, 0.5) is 0 Å². The standard InChI is InChI=1S/C19H36O4/c1-2-3-4-5-6-7-8-9-10-11-12-13-14-15-16-17(18(20)21)19(22)23/h9-10,17-18,20-21H,2-8,11-16H2,1H3,(H,22,23)/b10-9-. The molecule has 0 heterocycles. The first-order valence-corrected chi connectivity index (χ1v) is 9.33. The Labute approximate surface area is 141 Å². The van der Waals surface area contributed by atoms with Crippen molar-refractivity contribution in [2.75, 3.05) is 0 Å². The minimum absolute atomic E-state index is 0.334. The fourth-order valence-electron chi connectivity index (χ4n) is 2.66. The summed E-state index contributed by atoms with van der Waals surface area (Å²) in [5, 5.41) is 26.7. The van der Waals surface area contributed by atoms with Crippen molar-refractivity contribution in [3.05, 3.63) is 12.2 Å². The molecule has 0 rings (SSSR count). The minimum Gasteiger partial charge on any atom is -0.481 e. The fraction of sp³-hybridized carbons (Fsp3) is 0.842. The van der Waals surface area contributed by atoms with Gasteiger partial charge in [-0.25, -0.2) is 0 Å². The quantitative estimate of drug-likeness (QED) is 0.219. The molecule has 1 atom stereocenters. The highest BCUT2D eigenvalue weighted by Gasteiger charge is 2.23. The van der Waals surface area contributed by atoms with Crippen LogP contribution in [0.2, 0.25) is 0 Å². The molecule has 0 spiro atoms. The maximum atomic E-state index is 10.8. The number of allylic oxidation sites excluding steroid dienone is 2. The van der Waals surface area contributed by atoms with Gasteiger partial charge >= 0.3 is 5.97 Å². The predicted octanol–water partition coefficient (Wildman–Crippen LogP) is 4.65. The first-order chi connectivity index (χ1) is 11.1. The normalized spacial score (nSPS) is 13.0. The third kappa shape index (κ3) is 14.5. The predicted molar refractivity (Wildman–Crippen MR) is 94.2 cm³/mol. The van der Waals surface area contributed by atoms with Crippen LogP contribution in [0.25, 0.3) is 0 Å². The Hall–Kier alpha value is -0.870. The molecule has 4 nitrogen and oxygen atoms in total. The molecular formula is C19H36O4. The van der Waals surface area contributed by atoms with E-state index in [2.05, 4.69) is 19.1 Å². The van der Waals surface area contributed by atoms with Gasteiger partial charge < -0.3 is 15.3 Å². The van der Waals surface area contributed by atoms with Gasteiger partial charge in [0, 0.05) is 0 Å². The zero-order valence-electron chi connectivity index (χ0n) is 14.8. The second kappa shape index (κ2) is 16.0. The van der Waals surface area contributed by atoms with Crippen molar-refractivity contribution in [1.29, 1.82) is 0 Å². The molecule has 4 heteroatoms. The lowest BCUT2D eigenvalue weighted by molar-refractivity contribution is -0.159. The van der Waals surface area contributed by atoms with Gasteiger partial charge in [0.1, 0.15) is 5.92 Å². The molecule has 0 radical (unpaired) electrons. The first kappa shape index (κ1) is 22.1. The summed E-state index contributed by atoms with van der Waals surface area (Å²) in [6.45, 7) is 2.24. The van der Waals surface area contributed by atoms with Gasteiger partial charge in [-0.15, -0.1) is 0 Å². The van der Waals surface area contributed by atoms with Crippen LogP contribution in [-0.2, 0) is 4.79 Å². The number of unbranched alkanes of at least 4 members (excludes halogenated alkanes) is 10. The number of hydrogen-bond donors (Lipinski definition) is 3. The van der Waals surface area contributed by atoms with Gasteiger partial charge in [0.15, 0.2) is 6.29 Å². The van der Waals surface area contributed by atoms with Crippen molar-refractivity contribution in [2.45, 2.75) is 96.7 Å². The summed E-state index contributed by atoms with van der Waals surface area (Å²) in [5.74, 6) is -2.18. The third-order valence-corrected chi connectivity index (χ3v) is 4.20. The molecule has 0 aliphatic heterocycles. The van der Waals surface area contributed by atoms with Crippen molar-refractivity contribution in [3.8, 4) is 0 Å². The van der Waals surface area contributed by atoms with Crippen LogP contribution >= 0.6 is 0 Å². The molecule has 3 N–H and O–H groups in total. The van der Waals surface area contributed by atoms with Gasteiger partial charge in [-0.1, -0.05) is 70.4 Å². The Balaban J connectivity index is 3.35. The molecule has 0 fully saturated rings. The van der Waals surface area contributed by atoms with Gasteiger partial charge in [-0.05, 0) is 32.1 Å². The number of aliphatic carboxylic acids is 1. The highest BCUT2D eigenvalue weighted by Crippen LogP contribution is 2.15. The molecule has 1 unspecified atom stereocenters. The third-order valence-electron chi connectivity index (χ3n) is 4.20. The van der Waals surface area contributed by atoms with Gasteiger partial charge in [0.05, 0.1) is 0 Å². The van der Waals surface area contributed by atoms with Crippen molar-refractivity contribution < 1.29 is 20.1 Å². The molecule has 0 aromatic carbocycles. The van der Waals surface area contributed by atoms with Crippen LogP contribution in [0.1, 0.15) is 90.4 Å². The molecular weight excluding hydrogens is 292 g/mol. The molecule has 23 heavy (non-hydrogen) atoms. The highest BCUT2D eigenvalue weighted by molar-refractivity contribution is 5.70. The van der Waals surface area contributed by atoms with Crippen LogP contribution in [0.15, 0.2) is 12.2 Å². The Morgan fingerprint density at radius 1 is 0.826 bits per heavy atom. The lowest BCUT2D eigenvalue weighted by Gasteiger charge is -2.13. The second-order valence-electron chi connectivity index (χ2n) is 6.38. The topological polar surface area (TPSA) is 77.8 Å². The van der Waals surface area contributed by atoms with Crippen molar-refractivity contribution >= 4 is 5.97 Å². The largest absolute Gasteiger partial charge is 0.481 e. The zero-order chi connectivity index (χ0) is 17.3. The maximum absolute atomic E-state index is 10.8. The number of carbonyl (C=O) groups is 1. The number of aliphatic hydroxyl groups is 2. The zero-order valence-corrected chi connectivity index (χ0v) is 14.8. The van der Waals surface area contributed by atoms with Gasteiger partial charge in [0.2, 0.25) is 0 Å². The summed E-state index contributed by atoms with van der Waals surface area (Å²) in [6.07, 6.45) is 17.3. The van der Waals surface area contributed by atoms with Gasteiger partial charge in [0.25, 0.3) is 0 Å². The fourth-order valence-corrected chi connectivity index (χ4v) is 2.66. The van der Waals surface area contributed by atoms with Crippen LogP contribution in [0.5, 0.6) is 0 Å². The first-order valence-electron chi connectivity index (χ1n) is 9.33. The molecule has 0 aromatic heterocycles. The minimum atomic E-state index is -1.75. The van der Waals surface area contributed by atoms with Gasteiger partial charge in [-0.2, -0.15) is 0 Å². The van der Waals surface area contributed by atoms with Crippen LogP contribution in [0.3, 0.4) is 0 Å². The van der Waals surface area contributed by atoms with E-state index in [0.717, 1.165) is 32.1 Å². The number of aliphatic hydroxyl groups excluding tert-OH is 1. The molecule has 0 saturated carbocycles. The van der Waals surface area contributed by atoms with Crippen LogP contribution in [0, 0.1) is 5.92 Å². The summed E-state index contributed by atoms with van der Waals surface area (Å²) < 4.78 is 0. The van der Waals surface area contributed by atoms with E-state index in [4.69, 9.17) is 15.3 Å². The molecule has 0 aliphatic rings. The average Bonchev–Trinajstić information content (AvgIpc) is 2.50. The summed E-state index contributed by atoms with van der Waals surface area (Å²) >= 11 is 0. The molecule has 0 aromatic rings. The van der Waals surface area contributed by atoms with E-state index in [0.29, 0.717) is 6.42 Å². The van der Waals surface area contributed by atoms with E-state index < -0.39 is 18.2 Å². The van der Waals surface area contributed by atoms with Crippen molar-refractivity contribution in [2.24, 2.45) is 5.92 Å². The molecule has 0 bridgehead atoms. The smallest absolute Gasteiger partial charge is 0.311 e. The van der Waals surface area contributed by atoms with Crippen LogP contribution in [-0.4, -0.2) is 27.6 Å². The lowest BCUT2D eigenvalue weighted by Crippen LogP contribution is -2.27. The van der Waals surface area contributed by atoms with E-state index in [1.807, 2.05) is 0 Å². The summed E-state index contributed by atoms with van der Waals surface area (Å²) in [7, 11) is 0. The Bertz CT molecular complexity index is 300. The molecule has 0 amide bonds. The summed E-state index contributed by atoms with van der Waals surface area (Å²) in [6, 6.07) is 0.